The second-order valence-electron chi connectivity index (χ2n) is 11.1. The zero-order chi connectivity index (χ0) is 23.1. The highest BCUT2D eigenvalue weighted by molar-refractivity contribution is 5.86. The molecule has 0 aliphatic carbocycles. The molecule has 3 aromatic carbocycles. The molecular formula is C29H37NO2. The standard InChI is InChI=1S/C29H37NO2/c1-28(2,3)24-18-21(19-25(27(24)31)29(4,5)6)26(30-14-16-32-17-15-30)23-13-9-11-20-10-7-8-12-22(20)23/h7-13,18-19,26,31H,14-17H2,1-6H3/t26-/m1/s1. The van der Waals surface area contributed by atoms with E-state index in [0.29, 0.717) is 5.75 Å². The number of hydrogen-bond donors (Lipinski definition) is 1. The number of morpholine rings is 1. The van der Waals surface area contributed by atoms with E-state index in [4.69, 9.17) is 4.74 Å². The predicted molar refractivity (Wildman–Crippen MR) is 134 cm³/mol. The number of nitrogens with zero attached hydrogens (tertiary/aromatic N) is 1. The monoisotopic (exact) mass is 431 g/mol. The lowest BCUT2D eigenvalue weighted by atomic mass is 9.77. The normalized spacial score (nSPS) is 16.9. The van der Waals surface area contributed by atoms with Crippen LogP contribution in [-0.2, 0) is 15.6 Å². The molecule has 0 radical (unpaired) electrons. The highest BCUT2D eigenvalue weighted by Crippen LogP contribution is 2.43. The Kier molecular flexibility index (Phi) is 6.08. The van der Waals surface area contributed by atoms with Crippen molar-refractivity contribution in [2.75, 3.05) is 26.3 Å². The first kappa shape index (κ1) is 22.8. The average molecular weight is 432 g/mol. The fourth-order valence-electron chi connectivity index (χ4n) is 4.87. The summed E-state index contributed by atoms with van der Waals surface area (Å²) in [5, 5.41) is 13.8. The van der Waals surface area contributed by atoms with Gasteiger partial charge in [0, 0.05) is 13.1 Å². The van der Waals surface area contributed by atoms with Gasteiger partial charge in [-0.25, -0.2) is 0 Å². The molecule has 0 aromatic heterocycles. The highest BCUT2D eigenvalue weighted by atomic mass is 16.5. The summed E-state index contributed by atoms with van der Waals surface area (Å²) in [5.74, 6) is 0.437. The number of fused-ring (bicyclic) bond motifs is 1. The van der Waals surface area contributed by atoms with Crippen LogP contribution >= 0.6 is 0 Å². The third kappa shape index (κ3) is 4.42. The van der Waals surface area contributed by atoms with Gasteiger partial charge < -0.3 is 9.84 Å². The third-order valence-electron chi connectivity index (χ3n) is 6.59. The van der Waals surface area contributed by atoms with Gasteiger partial charge >= 0.3 is 0 Å². The molecule has 1 saturated heterocycles. The fourth-order valence-corrected chi connectivity index (χ4v) is 4.87. The number of phenolic OH excluding ortho intramolecular Hbond substituents is 1. The van der Waals surface area contributed by atoms with E-state index in [1.807, 2.05) is 0 Å². The lowest BCUT2D eigenvalue weighted by molar-refractivity contribution is 0.0241. The highest BCUT2D eigenvalue weighted by Gasteiger charge is 2.31. The van der Waals surface area contributed by atoms with Gasteiger partial charge in [0.2, 0.25) is 0 Å². The number of benzene rings is 3. The van der Waals surface area contributed by atoms with Crippen molar-refractivity contribution in [3.63, 3.8) is 0 Å². The topological polar surface area (TPSA) is 32.7 Å². The van der Waals surface area contributed by atoms with Gasteiger partial charge in [0.05, 0.1) is 19.3 Å². The molecule has 3 nitrogen and oxygen atoms in total. The second-order valence-corrected chi connectivity index (χ2v) is 11.1. The Bertz CT molecular complexity index is 1060. The van der Waals surface area contributed by atoms with E-state index in [1.54, 1.807) is 0 Å². The molecule has 0 bridgehead atoms. The van der Waals surface area contributed by atoms with Gasteiger partial charge in [-0.2, -0.15) is 0 Å². The van der Waals surface area contributed by atoms with Crippen LogP contribution in [0.3, 0.4) is 0 Å². The minimum atomic E-state index is -0.158. The Morgan fingerprint density at radius 1 is 0.812 bits per heavy atom. The number of ether oxygens (including phenoxy) is 1. The maximum Gasteiger partial charge on any atom is 0.123 e. The largest absolute Gasteiger partial charge is 0.507 e. The van der Waals surface area contributed by atoms with Crippen molar-refractivity contribution in [1.29, 1.82) is 0 Å². The Balaban J connectivity index is 2.00. The molecule has 1 fully saturated rings. The van der Waals surface area contributed by atoms with Gasteiger partial charge in [-0.15, -0.1) is 0 Å². The summed E-state index contributed by atoms with van der Waals surface area (Å²) >= 11 is 0. The van der Waals surface area contributed by atoms with Gasteiger partial charge in [-0.3, -0.25) is 4.90 Å². The molecule has 3 aromatic rings. The van der Waals surface area contributed by atoms with Crippen molar-refractivity contribution >= 4 is 10.8 Å². The lowest BCUT2D eigenvalue weighted by Crippen LogP contribution is -2.39. The lowest BCUT2D eigenvalue weighted by Gasteiger charge is -2.37. The second kappa shape index (κ2) is 8.53. The molecule has 1 heterocycles. The van der Waals surface area contributed by atoms with E-state index in [2.05, 4.69) is 101 Å². The predicted octanol–water partition coefficient (Wildman–Crippen LogP) is 6.56. The van der Waals surface area contributed by atoms with Crippen molar-refractivity contribution in [1.82, 2.24) is 4.90 Å². The average Bonchev–Trinajstić information content (AvgIpc) is 2.74. The Morgan fingerprint density at radius 2 is 1.38 bits per heavy atom. The van der Waals surface area contributed by atoms with Crippen molar-refractivity contribution < 1.29 is 9.84 Å². The smallest absolute Gasteiger partial charge is 0.123 e. The van der Waals surface area contributed by atoms with Crippen LogP contribution in [-0.4, -0.2) is 36.3 Å². The zero-order valence-corrected chi connectivity index (χ0v) is 20.4. The van der Waals surface area contributed by atoms with Crippen molar-refractivity contribution in [3.8, 4) is 5.75 Å². The van der Waals surface area contributed by atoms with E-state index >= 15 is 0 Å². The van der Waals surface area contributed by atoms with Crippen LogP contribution in [0.1, 0.15) is 69.8 Å². The Labute approximate surface area is 193 Å². The van der Waals surface area contributed by atoms with Crippen LogP contribution in [0, 0.1) is 0 Å². The Hall–Kier alpha value is -2.36. The maximum atomic E-state index is 11.3. The summed E-state index contributed by atoms with van der Waals surface area (Å²) in [7, 11) is 0. The van der Waals surface area contributed by atoms with Gasteiger partial charge in [-0.05, 0) is 56.0 Å². The van der Waals surface area contributed by atoms with Crippen LogP contribution in [0.15, 0.2) is 54.6 Å². The van der Waals surface area contributed by atoms with Crippen LogP contribution in [0.25, 0.3) is 10.8 Å². The van der Waals surface area contributed by atoms with Crippen LogP contribution in [0.4, 0.5) is 0 Å². The van der Waals surface area contributed by atoms with E-state index in [-0.39, 0.29) is 16.9 Å². The molecule has 32 heavy (non-hydrogen) atoms. The Morgan fingerprint density at radius 3 is 1.97 bits per heavy atom. The minimum Gasteiger partial charge on any atom is -0.507 e. The first-order valence-electron chi connectivity index (χ1n) is 11.7. The van der Waals surface area contributed by atoms with Crippen molar-refractivity contribution in [2.24, 2.45) is 0 Å². The molecule has 1 atom stereocenters. The van der Waals surface area contributed by atoms with Gasteiger partial charge in [-0.1, -0.05) is 84.0 Å². The number of aromatic hydroxyl groups is 1. The molecule has 1 N–H and O–H groups in total. The van der Waals surface area contributed by atoms with Crippen molar-refractivity contribution in [2.45, 2.75) is 58.4 Å². The van der Waals surface area contributed by atoms with Gasteiger partial charge in [0.15, 0.2) is 0 Å². The van der Waals surface area contributed by atoms with E-state index < -0.39 is 0 Å². The summed E-state index contributed by atoms with van der Waals surface area (Å²) in [6.07, 6.45) is 0. The summed E-state index contributed by atoms with van der Waals surface area (Å²) in [6, 6.07) is 19.9. The molecular weight excluding hydrogens is 394 g/mol. The zero-order valence-electron chi connectivity index (χ0n) is 20.4. The van der Waals surface area contributed by atoms with E-state index in [9.17, 15) is 5.11 Å². The molecule has 170 valence electrons. The summed E-state index contributed by atoms with van der Waals surface area (Å²) in [5.41, 5.74) is 4.27. The molecule has 0 amide bonds. The number of phenols is 1. The van der Waals surface area contributed by atoms with Crippen LogP contribution < -0.4 is 0 Å². The molecule has 4 rings (SSSR count). The van der Waals surface area contributed by atoms with Crippen molar-refractivity contribution in [3.05, 3.63) is 76.9 Å². The third-order valence-corrected chi connectivity index (χ3v) is 6.59. The van der Waals surface area contributed by atoms with E-state index in [1.165, 1.54) is 21.9 Å². The van der Waals surface area contributed by atoms with Gasteiger partial charge in [0.25, 0.3) is 0 Å². The molecule has 0 unspecified atom stereocenters. The molecule has 1 aliphatic rings. The number of rotatable bonds is 3. The van der Waals surface area contributed by atoms with Crippen LogP contribution in [0.2, 0.25) is 0 Å². The maximum absolute atomic E-state index is 11.3. The molecule has 1 aliphatic heterocycles. The van der Waals surface area contributed by atoms with Crippen LogP contribution in [0.5, 0.6) is 5.75 Å². The summed E-state index contributed by atoms with van der Waals surface area (Å²) < 4.78 is 5.70. The quantitative estimate of drug-likeness (QED) is 0.509. The van der Waals surface area contributed by atoms with E-state index in [0.717, 1.165) is 37.4 Å². The SMILES string of the molecule is CC(C)(C)c1cc([C@H](c2cccc3ccccc23)N2CCOCC2)cc(C(C)(C)C)c1O. The first-order valence-corrected chi connectivity index (χ1v) is 11.7. The minimum absolute atomic E-state index is 0.104. The fraction of sp³-hybridized carbons (Fsp3) is 0.448. The molecule has 0 saturated carbocycles. The molecule has 0 spiro atoms. The summed E-state index contributed by atoms with van der Waals surface area (Å²) in [4.78, 5) is 2.54. The van der Waals surface area contributed by atoms with Gasteiger partial charge in [0.1, 0.15) is 5.75 Å². The molecule has 3 heteroatoms. The number of hydrogen-bond acceptors (Lipinski definition) is 3. The first-order chi connectivity index (χ1) is 15.1. The summed E-state index contributed by atoms with van der Waals surface area (Å²) in [6.45, 7) is 16.4.